The molecular weight excluding hydrogens is 852 g/mol. The SMILES string of the molecule is CCOC(=O)/C=C/c1cc2[n-]c1c(-c1ccc(OC)cc1)c1nc(c(-c3ccc(OC)cc3)c3ccc([n-]3)c(-c3ccc(OC)cc3)c3nc(c2-c2ccc(OC)cc2)C=C3)C=C1.[Cu+2]. The first kappa shape index (κ1) is 43.1. The summed E-state index contributed by atoms with van der Waals surface area (Å²) in [6.07, 6.45) is 11.2. The summed E-state index contributed by atoms with van der Waals surface area (Å²) < 4.78 is 27.5. The Hall–Kier alpha value is -7.59. The predicted octanol–water partition coefficient (Wildman–Crippen LogP) is 11.2. The fourth-order valence-electron chi connectivity index (χ4n) is 7.88. The van der Waals surface area contributed by atoms with Crippen molar-refractivity contribution in [2.45, 2.75) is 6.92 Å². The molecular formula is C53H42CuN4O6. The normalized spacial score (nSPS) is 11.6. The molecule has 0 unspecified atom stereocenters. The van der Waals surface area contributed by atoms with E-state index in [4.69, 9.17) is 43.6 Å². The van der Waals surface area contributed by atoms with Gasteiger partial charge in [-0.15, -0.1) is 22.1 Å². The van der Waals surface area contributed by atoms with Gasteiger partial charge in [-0.3, -0.25) is 0 Å². The number of aromatic nitrogens is 4. The number of fused-ring (bicyclic) bond motifs is 8. The van der Waals surface area contributed by atoms with Crippen LogP contribution >= 0.6 is 0 Å². The molecule has 321 valence electrons. The second-order valence-corrected chi connectivity index (χ2v) is 14.6. The number of carbonyl (C=O) groups is 1. The number of nitrogens with zero attached hydrogens (tertiary/aromatic N) is 4. The van der Waals surface area contributed by atoms with E-state index in [9.17, 15) is 4.79 Å². The van der Waals surface area contributed by atoms with Crippen LogP contribution in [-0.4, -0.2) is 51.0 Å². The summed E-state index contributed by atoms with van der Waals surface area (Å²) >= 11 is 0. The predicted molar refractivity (Wildman–Crippen MR) is 250 cm³/mol. The van der Waals surface area contributed by atoms with Crippen molar-refractivity contribution in [3.8, 4) is 67.5 Å². The van der Waals surface area contributed by atoms with Crippen molar-refractivity contribution in [1.82, 2.24) is 19.9 Å². The van der Waals surface area contributed by atoms with Crippen LogP contribution in [0.25, 0.3) is 97.0 Å². The van der Waals surface area contributed by atoms with E-state index < -0.39 is 5.97 Å². The van der Waals surface area contributed by atoms with E-state index >= 15 is 0 Å². The van der Waals surface area contributed by atoms with E-state index in [0.717, 1.165) is 72.7 Å². The van der Waals surface area contributed by atoms with Gasteiger partial charge in [0, 0.05) is 6.08 Å². The van der Waals surface area contributed by atoms with E-state index in [-0.39, 0.29) is 23.7 Å². The van der Waals surface area contributed by atoms with Crippen LogP contribution < -0.4 is 28.9 Å². The summed E-state index contributed by atoms with van der Waals surface area (Å²) in [7, 11) is 6.58. The van der Waals surface area contributed by atoms with Gasteiger partial charge >= 0.3 is 23.0 Å². The molecule has 0 saturated heterocycles. The number of rotatable bonds is 11. The van der Waals surface area contributed by atoms with Crippen LogP contribution in [0.5, 0.6) is 23.0 Å². The van der Waals surface area contributed by atoms with E-state index in [1.807, 2.05) is 140 Å². The van der Waals surface area contributed by atoms with Gasteiger partial charge in [0.25, 0.3) is 0 Å². The number of carbonyl (C=O) groups excluding carboxylic acids is 1. The molecule has 2 aliphatic rings. The largest absolute Gasteiger partial charge is 2.00 e. The molecule has 64 heavy (non-hydrogen) atoms. The molecule has 0 atom stereocenters. The number of ether oxygens (including phenoxy) is 5. The number of esters is 1. The van der Waals surface area contributed by atoms with E-state index in [1.165, 1.54) is 6.08 Å². The van der Waals surface area contributed by atoms with E-state index in [0.29, 0.717) is 45.2 Å². The minimum atomic E-state index is -0.465. The third-order valence-corrected chi connectivity index (χ3v) is 10.9. The first-order valence-corrected chi connectivity index (χ1v) is 20.4. The van der Waals surface area contributed by atoms with Crippen LogP contribution in [0.3, 0.4) is 0 Å². The zero-order chi connectivity index (χ0) is 43.5. The minimum Gasteiger partial charge on any atom is -0.657 e. The van der Waals surface area contributed by atoms with Crippen LogP contribution in [0.15, 0.2) is 121 Å². The van der Waals surface area contributed by atoms with E-state index in [2.05, 4.69) is 0 Å². The Labute approximate surface area is 381 Å². The van der Waals surface area contributed by atoms with Gasteiger partial charge in [-0.25, -0.2) is 14.8 Å². The molecule has 3 aromatic heterocycles. The average Bonchev–Trinajstić information content (AvgIpc) is 4.17. The molecule has 5 heterocycles. The summed E-state index contributed by atoms with van der Waals surface area (Å²) in [6.45, 7) is 2.02. The molecule has 0 aliphatic carbocycles. The Morgan fingerprint density at radius 2 is 0.859 bits per heavy atom. The van der Waals surface area contributed by atoms with Crippen molar-refractivity contribution < 1.29 is 45.5 Å². The second kappa shape index (κ2) is 18.8. The van der Waals surface area contributed by atoms with E-state index in [1.54, 1.807) is 41.4 Å². The van der Waals surface area contributed by atoms with Gasteiger partial charge in [0.1, 0.15) is 23.0 Å². The maximum Gasteiger partial charge on any atom is 2.00 e. The number of methoxy groups -OCH3 is 4. The molecule has 0 amide bonds. The van der Waals surface area contributed by atoms with Crippen LogP contribution in [0.4, 0.5) is 0 Å². The molecule has 0 fully saturated rings. The quantitative estimate of drug-likeness (QED) is 0.0705. The van der Waals surface area contributed by atoms with Crippen molar-refractivity contribution in [2.24, 2.45) is 0 Å². The van der Waals surface area contributed by atoms with Crippen LogP contribution in [0.1, 0.15) is 35.3 Å². The summed E-state index contributed by atoms with van der Waals surface area (Å²) in [5.74, 6) is 2.42. The maximum atomic E-state index is 12.9. The zero-order valence-electron chi connectivity index (χ0n) is 35.7. The zero-order valence-corrected chi connectivity index (χ0v) is 36.6. The van der Waals surface area contributed by atoms with Gasteiger partial charge < -0.3 is 33.7 Å². The molecule has 0 spiro atoms. The van der Waals surface area contributed by atoms with Gasteiger partial charge in [-0.2, -0.15) is 0 Å². The Kier molecular flexibility index (Phi) is 12.7. The fraction of sp³-hybridized carbons (Fsp3) is 0.113. The van der Waals surface area contributed by atoms with Crippen LogP contribution in [0.2, 0.25) is 0 Å². The second-order valence-electron chi connectivity index (χ2n) is 14.6. The van der Waals surface area contributed by atoms with Gasteiger partial charge in [-0.1, -0.05) is 66.7 Å². The topological polar surface area (TPSA) is 117 Å². The summed E-state index contributed by atoms with van der Waals surface area (Å²) in [4.78, 5) is 34.5. The van der Waals surface area contributed by atoms with Crippen molar-refractivity contribution in [2.75, 3.05) is 35.0 Å². The molecule has 10 nitrogen and oxygen atoms in total. The van der Waals surface area contributed by atoms with Crippen molar-refractivity contribution >= 4 is 58.4 Å². The maximum absolute atomic E-state index is 12.9. The first-order valence-electron chi connectivity index (χ1n) is 20.4. The number of hydrogen-bond acceptors (Lipinski definition) is 8. The molecule has 2 aliphatic heterocycles. The van der Waals surface area contributed by atoms with Gasteiger partial charge in [-0.05, 0) is 136 Å². The number of hydrogen-bond donors (Lipinski definition) is 0. The van der Waals surface area contributed by atoms with Gasteiger partial charge in [0.05, 0.1) is 57.8 Å². The molecule has 7 aromatic rings. The first-order chi connectivity index (χ1) is 30.9. The minimum absolute atomic E-state index is 0. The molecule has 4 aromatic carbocycles. The number of benzene rings is 4. The Bertz CT molecular complexity index is 3110. The summed E-state index contributed by atoms with van der Waals surface area (Å²) in [6, 6.07) is 37.5. The summed E-state index contributed by atoms with van der Waals surface area (Å²) in [5.41, 5.74) is 12.9. The molecule has 0 saturated carbocycles. The van der Waals surface area contributed by atoms with Crippen LogP contribution in [0, 0.1) is 0 Å². The van der Waals surface area contributed by atoms with Crippen molar-refractivity contribution in [3.05, 3.63) is 150 Å². The molecule has 1 radical (unpaired) electrons. The Morgan fingerprint density at radius 1 is 0.500 bits per heavy atom. The van der Waals surface area contributed by atoms with Crippen molar-refractivity contribution in [1.29, 1.82) is 0 Å². The molecule has 11 heteroatoms. The van der Waals surface area contributed by atoms with Gasteiger partial charge in [0.15, 0.2) is 0 Å². The smallest absolute Gasteiger partial charge is 0.657 e. The Morgan fingerprint density at radius 3 is 1.23 bits per heavy atom. The summed E-state index contributed by atoms with van der Waals surface area (Å²) in [5, 5.41) is 0. The van der Waals surface area contributed by atoms with Gasteiger partial charge in [0.2, 0.25) is 0 Å². The van der Waals surface area contributed by atoms with Crippen LogP contribution in [-0.2, 0) is 26.6 Å². The Balaban J connectivity index is 0.00000560. The molecule has 8 bridgehead atoms. The standard InChI is InChI=1S/C53H43N4O6.Cu/c1-6-63-48(58)30-15-36-31-47-51(34-11-20-39(61-4)21-12-34)45-27-26-43(55-45)49(32-7-16-37(59-2)17-8-32)41-24-25-42(54-41)50(33-9-18-38(60-3)19-10-33)44-28-29-46(56-44)52(53(36)57-47)35-13-22-40(62-5)23-14-35;/h7-31H,6H2,1-5H3,(H-,54,55,56,57,58);/q-1;+2/p-1. The molecule has 9 rings (SSSR count). The third kappa shape index (κ3) is 8.46. The fourth-order valence-corrected chi connectivity index (χ4v) is 7.88. The average molecular weight is 894 g/mol. The molecule has 0 N–H and O–H groups in total. The van der Waals surface area contributed by atoms with Crippen molar-refractivity contribution in [3.63, 3.8) is 0 Å². The monoisotopic (exact) mass is 893 g/mol. The third-order valence-electron chi connectivity index (χ3n) is 10.9.